The first kappa shape index (κ1) is 12.5. The first-order chi connectivity index (χ1) is 7.32. The van der Waals surface area contributed by atoms with Crippen LogP contribution in [0.2, 0.25) is 0 Å². The molecule has 0 unspecified atom stereocenters. The largest absolute Gasteiger partial charge is 0.511 e. The molecule has 0 bridgehead atoms. The highest BCUT2D eigenvalue weighted by Gasteiger charge is 2.39. The van der Waals surface area contributed by atoms with Gasteiger partial charge in [-0.1, -0.05) is 6.92 Å². The van der Waals surface area contributed by atoms with E-state index in [4.69, 9.17) is 0 Å². The molecule has 1 aliphatic carbocycles. The fourth-order valence-electron chi connectivity index (χ4n) is 1.55. The van der Waals surface area contributed by atoms with Gasteiger partial charge in [0.15, 0.2) is 11.6 Å². The Morgan fingerprint density at radius 2 is 1.94 bits per heavy atom. The van der Waals surface area contributed by atoms with E-state index in [-0.39, 0.29) is 29.3 Å². The maximum atomic E-state index is 11.7. The second-order valence-corrected chi connectivity index (χ2v) is 4.42. The van der Waals surface area contributed by atoms with Gasteiger partial charge in [0.2, 0.25) is 0 Å². The van der Waals surface area contributed by atoms with Crippen LogP contribution >= 0.6 is 0 Å². The van der Waals surface area contributed by atoms with Crippen molar-refractivity contribution in [3.63, 3.8) is 0 Å². The molecule has 4 heteroatoms. The number of hydrogen-bond donors (Lipinski definition) is 2. The number of aliphatic hydroxyl groups excluding tert-OH is 2. The minimum atomic E-state index is -1.06. The maximum absolute atomic E-state index is 11.7. The fraction of sp³-hybridized carbons (Fsp3) is 0.500. The Hall–Kier alpha value is -1.58. The van der Waals surface area contributed by atoms with Crippen molar-refractivity contribution < 1.29 is 19.8 Å². The number of allylic oxidation sites excluding steroid dienone is 2. The minimum absolute atomic E-state index is 0.190. The van der Waals surface area contributed by atoms with Crippen molar-refractivity contribution in [2.45, 2.75) is 33.6 Å². The van der Waals surface area contributed by atoms with Crippen molar-refractivity contribution in [1.29, 1.82) is 0 Å². The molecular formula is C12H16O4. The molecule has 2 N–H and O–H groups in total. The molecule has 0 radical (unpaired) electrons. The van der Waals surface area contributed by atoms with Crippen molar-refractivity contribution in [2.75, 3.05) is 0 Å². The molecular weight excluding hydrogens is 208 g/mol. The van der Waals surface area contributed by atoms with Gasteiger partial charge in [0.25, 0.3) is 0 Å². The molecule has 0 amide bonds. The Kier molecular flexibility index (Phi) is 3.21. The molecule has 16 heavy (non-hydrogen) atoms. The number of aliphatic hydroxyl groups is 2. The number of ketones is 2. The van der Waals surface area contributed by atoms with E-state index in [9.17, 15) is 19.8 Å². The molecule has 4 nitrogen and oxygen atoms in total. The van der Waals surface area contributed by atoms with E-state index in [1.807, 2.05) is 6.92 Å². The van der Waals surface area contributed by atoms with Crippen LogP contribution in [0.4, 0.5) is 0 Å². The van der Waals surface area contributed by atoms with Crippen LogP contribution in [0.25, 0.3) is 0 Å². The average Bonchev–Trinajstić information content (AvgIpc) is 2.16. The average molecular weight is 224 g/mol. The molecule has 1 aliphatic rings. The van der Waals surface area contributed by atoms with Crippen LogP contribution in [-0.4, -0.2) is 21.8 Å². The zero-order valence-corrected chi connectivity index (χ0v) is 9.70. The van der Waals surface area contributed by atoms with E-state index < -0.39 is 11.2 Å². The Morgan fingerprint density at radius 3 is 2.44 bits per heavy atom. The predicted molar refractivity (Wildman–Crippen MR) is 59.1 cm³/mol. The molecule has 0 saturated carbocycles. The second-order valence-electron chi connectivity index (χ2n) is 4.42. The maximum Gasteiger partial charge on any atom is 0.196 e. The van der Waals surface area contributed by atoms with Gasteiger partial charge in [-0.05, 0) is 20.3 Å². The molecule has 0 aromatic heterocycles. The molecule has 0 saturated heterocycles. The lowest BCUT2D eigenvalue weighted by molar-refractivity contribution is -0.120. The molecule has 0 aliphatic heterocycles. The summed E-state index contributed by atoms with van der Waals surface area (Å²) in [6, 6.07) is 0. The molecule has 0 spiro atoms. The Labute approximate surface area is 94.3 Å². The van der Waals surface area contributed by atoms with Crippen molar-refractivity contribution in [3.05, 3.63) is 23.2 Å². The van der Waals surface area contributed by atoms with Gasteiger partial charge in [-0.25, -0.2) is 0 Å². The number of carbonyl (C=O) groups excluding carboxylic acids is 2. The van der Waals surface area contributed by atoms with E-state index in [0.29, 0.717) is 6.42 Å². The van der Waals surface area contributed by atoms with Gasteiger partial charge in [-0.3, -0.25) is 9.59 Å². The molecule has 1 rings (SSSR count). The third-order valence-electron chi connectivity index (χ3n) is 2.74. The lowest BCUT2D eigenvalue weighted by Gasteiger charge is -2.28. The lowest BCUT2D eigenvalue weighted by atomic mass is 9.79. The van der Waals surface area contributed by atoms with Crippen molar-refractivity contribution in [3.8, 4) is 0 Å². The van der Waals surface area contributed by atoms with Gasteiger partial charge in [0.1, 0.15) is 17.1 Å². The number of rotatable bonds is 3. The molecule has 88 valence electrons. The van der Waals surface area contributed by atoms with Crippen molar-refractivity contribution >= 4 is 11.6 Å². The summed E-state index contributed by atoms with van der Waals surface area (Å²) in [4.78, 5) is 23.2. The first-order valence-electron chi connectivity index (χ1n) is 5.24. The number of Topliss-reactive ketones (excluding diaryl/α,β-unsaturated/α-hetero) is 1. The zero-order chi connectivity index (χ0) is 12.5. The Morgan fingerprint density at radius 1 is 1.38 bits per heavy atom. The van der Waals surface area contributed by atoms with Crippen LogP contribution in [0.5, 0.6) is 0 Å². The summed E-state index contributed by atoms with van der Waals surface area (Å²) in [6.45, 7) is 4.93. The van der Waals surface area contributed by atoms with E-state index in [0.717, 1.165) is 6.08 Å². The molecule has 0 atom stereocenters. The second kappa shape index (κ2) is 4.12. The van der Waals surface area contributed by atoms with Crippen LogP contribution < -0.4 is 0 Å². The first-order valence-corrected chi connectivity index (χ1v) is 5.24. The molecule has 0 fully saturated rings. The highest BCUT2D eigenvalue weighted by Crippen LogP contribution is 2.37. The smallest absolute Gasteiger partial charge is 0.196 e. The van der Waals surface area contributed by atoms with Gasteiger partial charge in [0, 0.05) is 12.5 Å². The number of hydrogen-bond acceptors (Lipinski definition) is 4. The molecule has 0 aromatic rings. The van der Waals surface area contributed by atoms with Crippen LogP contribution in [-0.2, 0) is 9.59 Å². The van der Waals surface area contributed by atoms with Crippen LogP contribution in [0.3, 0.4) is 0 Å². The summed E-state index contributed by atoms with van der Waals surface area (Å²) in [5.41, 5.74) is -1.25. The van der Waals surface area contributed by atoms with Crippen LogP contribution in [0.1, 0.15) is 33.6 Å². The van der Waals surface area contributed by atoms with Gasteiger partial charge in [-0.15, -0.1) is 0 Å². The SMILES string of the molecule is CCCC(=O)C1=C(O)C(C)(C)C(O)=CC1=O. The monoisotopic (exact) mass is 224 g/mol. The van der Waals surface area contributed by atoms with Gasteiger partial charge < -0.3 is 10.2 Å². The fourth-order valence-corrected chi connectivity index (χ4v) is 1.55. The zero-order valence-electron chi connectivity index (χ0n) is 9.70. The Bertz CT molecular complexity index is 399. The third-order valence-corrected chi connectivity index (χ3v) is 2.74. The van der Waals surface area contributed by atoms with E-state index in [1.54, 1.807) is 13.8 Å². The third kappa shape index (κ3) is 1.87. The Balaban J connectivity index is 3.22. The van der Waals surface area contributed by atoms with Crippen molar-refractivity contribution in [1.82, 2.24) is 0 Å². The minimum Gasteiger partial charge on any atom is -0.511 e. The van der Waals surface area contributed by atoms with E-state index in [2.05, 4.69) is 0 Å². The summed E-state index contributed by atoms with van der Waals surface area (Å²) in [7, 11) is 0. The van der Waals surface area contributed by atoms with E-state index in [1.165, 1.54) is 0 Å². The van der Waals surface area contributed by atoms with Gasteiger partial charge in [-0.2, -0.15) is 0 Å². The summed E-state index contributed by atoms with van der Waals surface area (Å²) in [6.07, 6.45) is 1.83. The van der Waals surface area contributed by atoms with Crippen LogP contribution in [0, 0.1) is 5.41 Å². The summed E-state index contributed by atoms with van der Waals surface area (Å²) >= 11 is 0. The highest BCUT2D eigenvalue weighted by atomic mass is 16.3. The highest BCUT2D eigenvalue weighted by molar-refractivity contribution is 6.25. The summed E-state index contributed by atoms with van der Waals surface area (Å²) < 4.78 is 0. The van der Waals surface area contributed by atoms with Gasteiger partial charge >= 0.3 is 0 Å². The summed E-state index contributed by atoms with van der Waals surface area (Å²) in [5.74, 6) is -1.55. The number of carbonyl (C=O) groups is 2. The topological polar surface area (TPSA) is 74.6 Å². The van der Waals surface area contributed by atoms with Gasteiger partial charge in [0.05, 0.1) is 5.41 Å². The standard InChI is InChI=1S/C12H16O4/c1-4-5-7(13)10-8(14)6-9(15)12(2,3)11(10)16/h6,15-16H,4-5H2,1-3H3. The molecule has 0 aromatic carbocycles. The molecule has 0 heterocycles. The predicted octanol–water partition coefficient (Wildman–Crippen LogP) is 2.22. The van der Waals surface area contributed by atoms with E-state index >= 15 is 0 Å². The normalized spacial score (nSPS) is 19.7. The lowest BCUT2D eigenvalue weighted by Crippen LogP contribution is -2.29. The van der Waals surface area contributed by atoms with Crippen molar-refractivity contribution in [2.24, 2.45) is 5.41 Å². The quantitative estimate of drug-likeness (QED) is 0.721. The van der Waals surface area contributed by atoms with Crippen LogP contribution in [0.15, 0.2) is 23.2 Å². The summed E-state index contributed by atoms with van der Waals surface area (Å²) in [5, 5.41) is 19.4.